The molecule has 1 N–H and O–H groups in total. The topological polar surface area (TPSA) is 21.3 Å². The zero-order valence-electron chi connectivity index (χ0n) is 10.3. The number of hydrogen-bond donors (Lipinski definition) is 1. The van der Waals surface area contributed by atoms with Crippen LogP contribution < -0.4 is 5.32 Å². The van der Waals surface area contributed by atoms with Crippen LogP contribution in [-0.4, -0.2) is 19.8 Å². The monoisotopic (exact) mass is 243 g/mol. The van der Waals surface area contributed by atoms with Crippen LogP contribution in [0, 0.1) is 11.6 Å². The Morgan fingerprint density at radius 2 is 2.12 bits per heavy atom. The number of rotatable bonds is 7. The number of benzene rings is 1. The van der Waals surface area contributed by atoms with Crippen LogP contribution in [0.25, 0.3) is 0 Å². The second-order valence-electron chi connectivity index (χ2n) is 4.06. The summed E-state index contributed by atoms with van der Waals surface area (Å²) in [6.07, 6.45) is 1.97. The molecule has 1 unspecified atom stereocenters. The highest BCUT2D eigenvalue weighted by Crippen LogP contribution is 2.10. The van der Waals surface area contributed by atoms with E-state index in [9.17, 15) is 8.78 Å². The molecular formula is C13H19F2NO. The van der Waals surface area contributed by atoms with Crippen LogP contribution in [0.3, 0.4) is 0 Å². The number of methoxy groups -OCH3 is 1. The summed E-state index contributed by atoms with van der Waals surface area (Å²) >= 11 is 0. The van der Waals surface area contributed by atoms with Gasteiger partial charge in [-0.3, -0.25) is 0 Å². The predicted molar refractivity (Wildman–Crippen MR) is 63.8 cm³/mol. The van der Waals surface area contributed by atoms with Gasteiger partial charge in [-0.15, -0.1) is 0 Å². The van der Waals surface area contributed by atoms with Gasteiger partial charge in [-0.25, -0.2) is 8.78 Å². The van der Waals surface area contributed by atoms with Gasteiger partial charge in [0, 0.05) is 25.3 Å². The molecule has 0 saturated heterocycles. The molecule has 0 saturated carbocycles. The average Bonchev–Trinajstić information content (AvgIpc) is 2.30. The molecule has 1 atom stereocenters. The van der Waals surface area contributed by atoms with E-state index in [-0.39, 0.29) is 11.9 Å². The fraction of sp³-hybridized carbons (Fsp3) is 0.538. The summed E-state index contributed by atoms with van der Waals surface area (Å²) in [5.41, 5.74) is 0.349. The minimum atomic E-state index is -0.415. The maximum absolute atomic E-state index is 13.4. The number of halogens is 2. The Kier molecular flexibility index (Phi) is 6.08. The fourth-order valence-electron chi connectivity index (χ4n) is 1.73. The van der Waals surface area contributed by atoms with Gasteiger partial charge >= 0.3 is 0 Å². The smallest absolute Gasteiger partial charge is 0.127 e. The minimum Gasteiger partial charge on any atom is -0.383 e. The van der Waals surface area contributed by atoms with Gasteiger partial charge < -0.3 is 10.1 Å². The lowest BCUT2D eigenvalue weighted by Crippen LogP contribution is -2.32. The van der Waals surface area contributed by atoms with E-state index < -0.39 is 5.82 Å². The molecule has 0 aliphatic rings. The zero-order valence-corrected chi connectivity index (χ0v) is 10.3. The summed E-state index contributed by atoms with van der Waals surface area (Å²) in [6.45, 7) is 2.97. The van der Waals surface area contributed by atoms with Gasteiger partial charge in [-0.05, 0) is 24.6 Å². The molecular weight excluding hydrogens is 224 g/mol. The van der Waals surface area contributed by atoms with Crippen LogP contribution in [0.4, 0.5) is 8.78 Å². The first-order chi connectivity index (χ1) is 8.17. The molecule has 4 heteroatoms. The highest BCUT2D eigenvalue weighted by atomic mass is 19.1. The summed E-state index contributed by atoms with van der Waals surface area (Å²) in [6, 6.07) is 3.67. The Hall–Kier alpha value is -1.00. The first-order valence-electron chi connectivity index (χ1n) is 5.83. The van der Waals surface area contributed by atoms with Crippen molar-refractivity contribution in [1.82, 2.24) is 5.32 Å². The molecule has 0 amide bonds. The van der Waals surface area contributed by atoms with Crippen molar-refractivity contribution in [2.75, 3.05) is 13.7 Å². The average molecular weight is 243 g/mol. The Bertz CT molecular complexity index is 338. The third-order valence-corrected chi connectivity index (χ3v) is 2.59. The number of nitrogens with one attached hydrogen (secondary N) is 1. The first kappa shape index (κ1) is 14.1. The maximum Gasteiger partial charge on any atom is 0.127 e. The molecule has 0 fully saturated rings. The summed E-state index contributed by atoms with van der Waals surface area (Å²) < 4.78 is 31.4. The third kappa shape index (κ3) is 4.79. The highest BCUT2D eigenvalue weighted by molar-refractivity contribution is 5.18. The lowest BCUT2D eigenvalue weighted by molar-refractivity contribution is 0.161. The van der Waals surface area contributed by atoms with Crippen molar-refractivity contribution in [1.29, 1.82) is 0 Å². The van der Waals surface area contributed by atoms with E-state index in [1.165, 1.54) is 6.07 Å². The normalized spacial score (nSPS) is 12.7. The predicted octanol–water partition coefficient (Wildman–Crippen LogP) is 2.87. The van der Waals surface area contributed by atoms with Gasteiger partial charge in [0.25, 0.3) is 0 Å². The zero-order chi connectivity index (χ0) is 12.7. The molecule has 1 aromatic rings. The van der Waals surface area contributed by atoms with E-state index in [4.69, 9.17) is 4.74 Å². The summed E-state index contributed by atoms with van der Waals surface area (Å²) in [7, 11) is 1.63. The molecule has 2 nitrogen and oxygen atoms in total. The van der Waals surface area contributed by atoms with Crippen LogP contribution in [0.1, 0.15) is 25.3 Å². The van der Waals surface area contributed by atoms with E-state index in [0.717, 1.165) is 25.0 Å². The van der Waals surface area contributed by atoms with Gasteiger partial charge in [0.1, 0.15) is 11.6 Å². The van der Waals surface area contributed by atoms with Crippen molar-refractivity contribution in [3.63, 3.8) is 0 Å². The molecule has 17 heavy (non-hydrogen) atoms. The van der Waals surface area contributed by atoms with Crippen LogP contribution in [-0.2, 0) is 11.3 Å². The maximum atomic E-state index is 13.4. The summed E-state index contributed by atoms with van der Waals surface area (Å²) in [4.78, 5) is 0. The van der Waals surface area contributed by atoms with Crippen LogP contribution in [0.5, 0.6) is 0 Å². The van der Waals surface area contributed by atoms with Crippen molar-refractivity contribution in [2.45, 2.75) is 32.4 Å². The first-order valence-corrected chi connectivity index (χ1v) is 5.83. The largest absolute Gasteiger partial charge is 0.383 e. The molecule has 1 aromatic carbocycles. The molecule has 0 bridgehead atoms. The Balaban J connectivity index is 2.55. The van der Waals surface area contributed by atoms with E-state index in [1.54, 1.807) is 7.11 Å². The molecule has 0 aliphatic carbocycles. The second-order valence-corrected chi connectivity index (χ2v) is 4.06. The SMILES string of the molecule is CCCC(COC)NCc1cc(F)ccc1F. The third-order valence-electron chi connectivity index (χ3n) is 2.59. The second kappa shape index (κ2) is 7.35. The lowest BCUT2D eigenvalue weighted by atomic mass is 10.1. The Morgan fingerprint density at radius 3 is 2.76 bits per heavy atom. The van der Waals surface area contributed by atoms with Crippen molar-refractivity contribution in [3.8, 4) is 0 Å². The lowest BCUT2D eigenvalue weighted by Gasteiger charge is -2.17. The van der Waals surface area contributed by atoms with E-state index in [1.807, 2.05) is 0 Å². The molecule has 0 aliphatic heterocycles. The highest BCUT2D eigenvalue weighted by Gasteiger charge is 2.09. The van der Waals surface area contributed by atoms with E-state index in [0.29, 0.717) is 18.7 Å². The molecule has 0 aromatic heterocycles. The molecule has 96 valence electrons. The molecule has 0 heterocycles. The van der Waals surface area contributed by atoms with Gasteiger partial charge in [-0.1, -0.05) is 13.3 Å². The van der Waals surface area contributed by atoms with Crippen LogP contribution >= 0.6 is 0 Å². The quantitative estimate of drug-likeness (QED) is 0.795. The number of hydrogen-bond acceptors (Lipinski definition) is 2. The molecule has 0 spiro atoms. The number of ether oxygens (including phenoxy) is 1. The minimum absolute atomic E-state index is 0.174. The van der Waals surface area contributed by atoms with Crippen molar-refractivity contribution in [3.05, 3.63) is 35.4 Å². The Labute approximate surface area is 101 Å². The molecule has 1 rings (SSSR count). The summed E-state index contributed by atoms with van der Waals surface area (Å²) in [5.74, 6) is -0.798. The standard InChI is InChI=1S/C13H19F2NO/c1-3-4-12(9-17-2)16-8-10-7-11(14)5-6-13(10)15/h5-7,12,16H,3-4,8-9H2,1-2H3. The van der Waals surface area contributed by atoms with Crippen molar-refractivity contribution < 1.29 is 13.5 Å². The van der Waals surface area contributed by atoms with E-state index in [2.05, 4.69) is 12.2 Å². The van der Waals surface area contributed by atoms with Crippen LogP contribution in [0.2, 0.25) is 0 Å². The van der Waals surface area contributed by atoms with Gasteiger partial charge in [0.2, 0.25) is 0 Å². The van der Waals surface area contributed by atoms with Crippen molar-refractivity contribution >= 4 is 0 Å². The molecule has 0 radical (unpaired) electrons. The van der Waals surface area contributed by atoms with Crippen molar-refractivity contribution in [2.24, 2.45) is 0 Å². The van der Waals surface area contributed by atoms with Gasteiger partial charge in [0.15, 0.2) is 0 Å². The van der Waals surface area contributed by atoms with E-state index >= 15 is 0 Å². The van der Waals surface area contributed by atoms with Gasteiger partial charge in [0.05, 0.1) is 6.61 Å². The Morgan fingerprint density at radius 1 is 1.35 bits per heavy atom. The summed E-state index contributed by atoms with van der Waals surface area (Å²) in [5, 5.41) is 3.17. The van der Waals surface area contributed by atoms with Crippen LogP contribution in [0.15, 0.2) is 18.2 Å². The van der Waals surface area contributed by atoms with Gasteiger partial charge in [-0.2, -0.15) is 0 Å². The fourth-order valence-corrected chi connectivity index (χ4v) is 1.73.